The second-order valence-electron chi connectivity index (χ2n) is 4.91. The van der Waals surface area contributed by atoms with Gasteiger partial charge in [0.1, 0.15) is 22.8 Å². The molecule has 0 saturated heterocycles. The third kappa shape index (κ3) is 1.80. The van der Waals surface area contributed by atoms with Crippen molar-refractivity contribution >= 4 is 32.7 Å². The molecule has 4 rings (SSSR count). The molecule has 0 bridgehead atoms. The Morgan fingerprint density at radius 2 is 1.43 bits per heavy atom. The van der Waals surface area contributed by atoms with Crippen molar-refractivity contribution in [1.29, 1.82) is 0 Å². The normalized spacial score (nSPS) is 11.5. The van der Waals surface area contributed by atoms with Gasteiger partial charge >= 0.3 is 0 Å². The zero-order chi connectivity index (χ0) is 14.6. The largest absolute Gasteiger partial charge is 0.456 e. The maximum atomic E-state index is 13.3. The third-order valence-corrected chi connectivity index (χ3v) is 3.55. The fourth-order valence-corrected chi connectivity index (χ4v) is 2.54. The Morgan fingerprint density at radius 1 is 0.714 bits per heavy atom. The zero-order valence-corrected chi connectivity index (χ0v) is 10.7. The van der Waals surface area contributed by atoms with Crippen molar-refractivity contribution in [3.05, 3.63) is 70.4 Å². The average molecular weight is 282 g/mol. The van der Waals surface area contributed by atoms with Crippen molar-refractivity contribution in [1.82, 2.24) is 0 Å². The molecule has 0 spiro atoms. The molecule has 4 heteroatoms. The molecule has 21 heavy (non-hydrogen) atoms. The second kappa shape index (κ2) is 4.12. The number of fused-ring (bicyclic) bond motifs is 3. The monoisotopic (exact) mass is 282 g/mol. The molecule has 0 radical (unpaired) electrons. The van der Waals surface area contributed by atoms with Crippen LogP contribution in [0.25, 0.3) is 32.7 Å². The number of halogens is 2. The lowest BCUT2D eigenvalue weighted by atomic mass is 10.1. The van der Waals surface area contributed by atoms with E-state index < -0.39 is 5.82 Å². The van der Waals surface area contributed by atoms with Gasteiger partial charge in [-0.25, -0.2) is 8.78 Å². The van der Waals surface area contributed by atoms with E-state index in [4.69, 9.17) is 4.42 Å². The van der Waals surface area contributed by atoms with Crippen molar-refractivity contribution in [3.8, 4) is 0 Å². The fourth-order valence-electron chi connectivity index (χ4n) is 2.54. The predicted molar refractivity (Wildman–Crippen MR) is 77.4 cm³/mol. The van der Waals surface area contributed by atoms with E-state index in [0.29, 0.717) is 21.7 Å². The van der Waals surface area contributed by atoms with E-state index in [2.05, 4.69) is 0 Å². The van der Waals surface area contributed by atoms with E-state index in [1.807, 2.05) is 0 Å². The highest BCUT2D eigenvalue weighted by molar-refractivity contribution is 5.99. The van der Waals surface area contributed by atoms with Gasteiger partial charge in [0.2, 0.25) is 5.43 Å². The summed E-state index contributed by atoms with van der Waals surface area (Å²) in [5.41, 5.74) is 0.309. The van der Waals surface area contributed by atoms with E-state index in [-0.39, 0.29) is 16.8 Å². The molecule has 0 aliphatic carbocycles. The summed E-state index contributed by atoms with van der Waals surface area (Å²) in [5.74, 6) is -0.832. The minimum atomic E-state index is -0.465. The zero-order valence-electron chi connectivity index (χ0n) is 10.7. The Labute approximate surface area is 117 Å². The van der Waals surface area contributed by atoms with Crippen molar-refractivity contribution in [2.24, 2.45) is 0 Å². The lowest BCUT2D eigenvalue weighted by molar-refractivity contribution is 0.615. The van der Waals surface area contributed by atoms with Crippen LogP contribution in [0, 0.1) is 11.6 Å². The molecule has 1 heterocycles. The van der Waals surface area contributed by atoms with Crippen LogP contribution in [0.2, 0.25) is 0 Å². The molecule has 102 valence electrons. The summed E-state index contributed by atoms with van der Waals surface area (Å²) in [6.45, 7) is 0. The molecule has 0 saturated carbocycles. The van der Waals surface area contributed by atoms with Crippen LogP contribution in [0.4, 0.5) is 8.78 Å². The van der Waals surface area contributed by atoms with Crippen LogP contribution < -0.4 is 5.43 Å². The molecule has 0 fully saturated rings. The molecule has 0 atom stereocenters. The van der Waals surface area contributed by atoms with Gasteiger partial charge in [-0.15, -0.1) is 0 Å². The van der Waals surface area contributed by atoms with Gasteiger partial charge in [0.05, 0.1) is 10.8 Å². The third-order valence-electron chi connectivity index (χ3n) is 3.55. The van der Waals surface area contributed by atoms with E-state index in [9.17, 15) is 13.6 Å². The van der Waals surface area contributed by atoms with Gasteiger partial charge in [-0.3, -0.25) is 4.79 Å². The molecular weight excluding hydrogens is 274 g/mol. The van der Waals surface area contributed by atoms with Gasteiger partial charge in [-0.2, -0.15) is 0 Å². The standard InChI is InChI=1S/C17H8F2O2/c18-11-2-1-9-7-15-14(6-10(9)5-11)17(20)13-4-3-12(19)8-16(13)21-15/h1-8H. The van der Waals surface area contributed by atoms with Crippen molar-refractivity contribution in [2.75, 3.05) is 0 Å². The first-order valence-corrected chi connectivity index (χ1v) is 6.37. The van der Waals surface area contributed by atoms with E-state index >= 15 is 0 Å². The van der Waals surface area contributed by atoms with Crippen molar-refractivity contribution in [3.63, 3.8) is 0 Å². The van der Waals surface area contributed by atoms with Gasteiger partial charge in [0, 0.05) is 6.07 Å². The van der Waals surface area contributed by atoms with Crippen LogP contribution in [0.5, 0.6) is 0 Å². The maximum Gasteiger partial charge on any atom is 0.200 e. The van der Waals surface area contributed by atoms with Crippen molar-refractivity contribution < 1.29 is 13.2 Å². The number of hydrogen-bond acceptors (Lipinski definition) is 2. The highest BCUT2D eigenvalue weighted by Gasteiger charge is 2.10. The maximum absolute atomic E-state index is 13.3. The number of benzene rings is 3. The molecule has 0 amide bonds. The Balaban J connectivity index is 2.22. The highest BCUT2D eigenvalue weighted by atomic mass is 19.1. The molecular formula is C17H8F2O2. The molecule has 1 aromatic heterocycles. The SMILES string of the molecule is O=c1c2ccc(F)cc2oc2cc3ccc(F)cc3cc12. The van der Waals surface area contributed by atoms with Crippen LogP contribution in [0.3, 0.4) is 0 Å². The molecule has 4 aromatic rings. The predicted octanol–water partition coefficient (Wildman–Crippen LogP) is 4.38. The average Bonchev–Trinajstić information content (AvgIpc) is 2.46. The Morgan fingerprint density at radius 3 is 2.29 bits per heavy atom. The quantitative estimate of drug-likeness (QED) is 0.448. The number of rotatable bonds is 0. The van der Waals surface area contributed by atoms with E-state index in [1.54, 1.807) is 18.2 Å². The minimum absolute atomic E-state index is 0.203. The topological polar surface area (TPSA) is 30.2 Å². The Kier molecular flexibility index (Phi) is 2.36. The highest BCUT2D eigenvalue weighted by Crippen LogP contribution is 2.25. The molecule has 0 N–H and O–H groups in total. The first kappa shape index (κ1) is 12.0. The van der Waals surface area contributed by atoms with Gasteiger partial charge in [0.15, 0.2) is 0 Å². The lowest BCUT2D eigenvalue weighted by Crippen LogP contribution is -2.02. The Bertz CT molecular complexity index is 1080. The first-order chi connectivity index (χ1) is 10.1. The smallest absolute Gasteiger partial charge is 0.200 e. The van der Waals surface area contributed by atoms with Crippen LogP contribution in [-0.2, 0) is 0 Å². The summed E-state index contributed by atoms with van der Waals surface area (Å²) < 4.78 is 32.2. The molecule has 0 unspecified atom stereocenters. The molecule has 0 aliphatic heterocycles. The fraction of sp³-hybridized carbons (Fsp3) is 0. The van der Waals surface area contributed by atoms with Gasteiger partial charge in [-0.05, 0) is 47.2 Å². The number of hydrogen-bond donors (Lipinski definition) is 0. The van der Waals surface area contributed by atoms with Gasteiger partial charge < -0.3 is 4.42 Å². The second-order valence-corrected chi connectivity index (χ2v) is 4.91. The molecule has 3 aromatic carbocycles. The van der Waals surface area contributed by atoms with Crippen LogP contribution >= 0.6 is 0 Å². The summed E-state index contributed by atoms with van der Waals surface area (Å²) in [6, 6.07) is 11.4. The lowest BCUT2D eigenvalue weighted by Gasteiger charge is -2.04. The van der Waals surface area contributed by atoms with E-state index in [1.165, 1.54) is 30.3 Å². The van der Waals surface area contributed by atoms with Crippen LogP contribution in [0.1, 0.15) is 0 Å². The van der Waals surface area contributed by atoms with Gasteiger partial charge in [0.25, 0.3) is 0 Å². The van der Waals surface area contributed by atoms with Gasteiger partial charge in [-0.1, -0.05) is 6.07 Å². The summed E-state index contributed by atoms with van der Waals surface area (Å²) in [7, 11) is 0. The van der Waals surface area contributed by atoms with Crippen LogP contribution in [0.15, 0.2) is 57.7 Å². The summed E-state index contributed by atoms with van der Waals surface area (Å²) in [4.78, 5) is 12.5. The summed E-state index contributed by atoms with van der Waals surface area (Å²) >= 11 is 0. The molecule has 0 aliphatic rings. The first-order valence-electron chi connectivity index (χ1n) is 6.37. The van der Waals surface area contributed by atoms with Crippen LogP contribution in [-0.4, -0.2) is 0 Å². The minimum Gasteiger partial charge on any atom is -0.456 e. The molecule has 2 nitrogen and oxygen atoms in total. The van der Waals surface area contributed by atoms with E-state index in [0.717, 1.165) is 5.39 Å². The summed E-state index contributed by atoms with van der Waals surface area (Å²) in [5, 5.41) is 2.03. The van der Waals surface area contributed by atoms with Crippen molar-refractivity contribution in [2.45, 2.75) is 0 Å². The summed E-state index contributed by atoms with van der Waals surface area (Å²) in [6.07, 6.45) is 0. The Hall–Kier alpha value is -2.75.